The first kappa shape index (κ1) is 10.9. The van der Waals surface area contributed by atoms with Gasteiger partial charge in [-0.3, -0.25) is 4.79 Å². The summed E-state index contributed by atoms with van der Waals surface area (Å²) in [5, 5.41) is 7.79. The van der Waals surface area contributed by atoms with Gasteiger partial charge in [0.15, 0.2) is 0 Å². The Hall–Kier alpha value is -1.16. The monoisotopic (exact) mass is 220 g/mol. The highest BCUT2D eigenvalue weighted by molar-refractivity contribution is 6.30. The summed E-state index contributed by atoms with van der Waals surface area (Å²) in [5.74, 6) is -2.75. The summed E-state index contributed by atoms with van der Waals surface area (Å²) in [5.41, 5.74) is 0.284. The normalized spacial score (nSPS) is 10.2. The van der Waals surface area contributed by atoms with Gasteiger partial charge < -0.3 is 5.11 Å². The number of hydrogen-bond acceptors (Lipinski definition) is 1. The zero-order valence-corrected chi connectivity index (χ0v) is 7.81. The van der Waals surface area contributed by atoms with Crippen molar-refractivity contribution in [3.63, 3.8) is 0 Å². The first-order chi connectivity index (χ1) is 6.50. The molecule has 0 radical (unpaired) electrons. The summed E-state index contributed by atoms with van der Waals surface area (Å²) in [7, 11) is 0. The minimum atomic E-state index is -1.01. The third-order valence-corrected chi connectivity index (χ3v) is 2.03. The van der Waals surface area contributed by atoms with E-state index in [1.54, 1.807) is 0 Å². The van der Waals surface area contributed by atoms with Gasteiger partial charge in [-0.1, -0.05) is 11.6 Å². The Labute approximate surface area is 84.1 Å². The standard InChI is InChI=1S/C9H7ClF2O2/c10-9-6(11)3-5(4-7(9)12)1-2-8(13)14/h3-4H,1-2H2,(H,13,14). The second-order valence-electron chi connectivity index (χ2n) is 2.77. The number of aliphatic carboxylic acids is 1. The van der Waals surface area contributed by atoms with Crippen LogP contribution in [-0.2, 0) is 11.2 Å². The van der Waals surface area contributed by atoms with Crippen molar-refractivity contribution in [2.75, 3.05) is 0 Å². The van der Waals surface area contributed by atoms with Gasteiger partial charge in [0.25, 0.3) is 0 Å². The highest BCUT2D eigenvalue weighted by atomic mass is 35.5. The summed E-state index contributed by atoms with van der Waals surface area (Å²) in [6.07, 6.45) is -0.0825. The summed E-state index contributed by atoms with van der Waals surface area (Å²) >= 11 is 5.25. The van der Waals surface area contributed by atoms with Crippen molar-refractivity contribution < 1.29 is 18.7 Å². The van der Waals surface area contributed by atoms with E-state index in [2.05, 4.69) is 0 Å². The molecule has 5 heteroatoms. The van der Waals surface area contributed by atoms with Gasteiger partial charge in [-0.05, 0) is 24.1 Å². The average molecular weight is 221 g/mol. The molecule has 0 atom stereocenters. The van der Waals surface area contributed by atoms with Gasteiger partial charge in [-0.2, -0.15) is 0 Å². The molecule has 76 valence electrons. The minimum Gasteiger partial charge on any atom is -0.481 e. The molecule has 0 saturated carbocycles. The molecule has 0 amide bonds. The molecule has 0 aromatic heterocycles. The highest BCUT2D eigenvalue weighted by Gasteiger charge is 2.09. The Kier molecular flexibility index (Phi) is 3.41. The number of carboxylic acids is 1. The molecule has 2 nitrogen and oxygen atoms in total. The molecular weight excluding hydrogens is 214 g/mol. The van der Waals surface area contributed by atoms with Crippen molar-refractivity contribution in [1.29, 1.82) is 0 Å². The van der Waals surface area contributed by atoms with Crippen LogP contribution >= 0.6 is 11.6 Å². The van der Waals surface area contributed by atoms with Crippen molar-refractivity contribution in [3.05, 3.63) is 34.4 Å². The third kappa shape index (κ3) is 2.67. The number of halogens is 3. The van der Waals surface area contributed by atoms with Crippen LogP contribution in [0.5, 0.6) is 0 Å². The van der Waals surface area contributed by atoms with Gasteiger partial charge in [0.05, 0.1) is 0 Å². The van der Waals surface area contributed by atoms with E-state index >= 15 is 0 Å². The molecule has 1 aromatic carbocycles. The first-order valence-corrected chi connectivity index (χ1v) is 4.23. The van der Waals surface area contributed by atoms with E-state index in [0.29, 0.717) is 0 Å². The van der Waals surface area contributed by atoms with E-state index in [1.807, 2.05) is 0 Å². The zero-order valence-electron chi connectivity index (χ0n) is 7.06. The lowest BCUT2D eigenvalue weighted by Crippen LogP contribution is -1.98. The van der Waals surface area contributed by atoms with Crippen molar-refractivity contribution >= 4 is 17.6 Å². The molecule has 1 N–H and O–H groups in total. The molecular formula is C9H7ClF2O2. The van der Waals surface area contributed by atoms with E-state index < -0.39 is 22.6 Å². The lowest BCUT2D eigenvalue weighted by atomic mass is 10.1. The van der Waals surface area contributed by atoms with E-state index in [0.717, 1.165) is 12.1 Å². The number of carbonyl (C=O) groups is 1. The Balaban J connectivity index is 2.84. The third-order valence-electron chi connectivity index (χ3n) is 1.67. The fourth-order valence-electron chi connectivity index (χ4n) is 1.00. The topological polar surface area (TPSA) is 37.3 Å². The molecule has 0 saturated heterocycles. The fourth-order valence-corrected chi connectivity index (χ4v) is 1.11. The number of hydrogen-bond donors (Lipinski definition) is 1. The van der Waals surface area contributed by atoms with Crippen molar-refractivity contribution in [1.82, 2.24) is 0 Å². The second kappa shape index (κ2) is 4.37. The largest absolute Gasteiger partial charge is 0.481 e. The van der Waals surface area contributed by atoms with Crippen LogP contribution in [-0.4, -0.2) is 11.1 Å². The Morgan fingerprint density at radius 2 is 1.86 bits per heavy atom. The first-order valence-electron chi connectivity index (χ1n) is 3.86. The maximum atomic E-state index is 12.8. The number of carboxylic acid groups (broad SMARTS) is 1. The van der Waals surface area contributed by atoms with Crippen LogP contribution in [0.1, 0.15) is 12.0 Å². The fraction of sp³-hybridized carbons (Fsp3) is 0.222. The maximum absolute atomic E-state index is 12.8. The van der Waals surface area contributed by atoms with Gasteiger partial charge in [0.2, 0.25) is 0 Å². The molecule has 0 aliphatic rings. The molecule has 0 bridgehead atoms. The maximum Gasteiger partial charge on any atom is 0.303 e. The van der Waals surface area contributed by atoms with Crippen molar-refractivity contribution in [2.45, 2.75) is 12.8 Å². The molecule has 1 aromatic rings. The molecule has 0 spiro atoms. The Morgan fingerprint density at radius 3 is 2.29 bits per heavy atom. The van der Waals surface area contributed by atoms with Crippen molar-refractivity contribution in [3.8, 4) is 0 Å². The van der Waals surface area contributed by atoms with Gasteiger partial charge in [-0.25, -0.2) is 8.78 Å². The average Bonchev–Trinajstić information content (AvgIpc) is 2.10. The second-order valence-corrected chi connectivity index (χ2v) is 3.15. The van der Waals surface area contributed by atoms with Crippen LogP contribution in [0.25, 0.3) is 0 Å². The van der Waals surface area contributed by atoms with Crippen molar-refractivity contribution in [2.24, 2.45) is 0 Å². The van der Waals surface area contributed by atoms with E-state index in [1.165, 1.54) is 0 Å². The molecule has 1 rings (SSSR count). The summed E-state index contributed by atoms with van der Waals surface area (Å²) in [6, 6.07) is 2.07. The van der Waals surface area contributed by atoms with Gasteiger partial charge in [0.1, 0.15) is 16.7 Å². The molecule has 0 aliphatic heterocycles. The number of aryl methyl sites for hydroxylation is 1. The smallest absolute Gasteiger partial charge is 0.303 e. The lowest BCUT2D eigenvalue weighted by Gasteiger charge is -2.01. The highest BCUT2D eigenvalue weighted by Crippen LogP contribution is 2.21. The Bertz CT molecular complexity index is 343. The van der Waals surface area contributed by atoms with Gasteiger partial charge in [0, 0.05) is 6.42 Å². The SMILES string of the molecule is O=C(O)CCc1cc(F)c(Cl)c(F)c1. The van der Waals surface area contributed by atoms with Crippen LogP contribution in [0.3, 0.4) is 0 Å². The van der Waals surface area contributed by atoms with Crippen LogP contribution in [0.15, 0.2) is 12.1 Å². The Morgan fingerprint density at radius 1 is 1.36 bits per heavy atom. The van der Waals surface area contributed by atoms with Gasteiger partial charge >= 0.3 is 5.97 Å². The number of benzene rings is 1. The molecule has 0 aliphatic carbocycles. The van der Waals surface area contributed by atoms with Crippen LogP contribution in [0, 0.1) is 11.6 Å². The minimum absolute atomic E-state index is 0.0837. The van der Waals surface area contributed by atoms with Gasteiger partial charge in [-0.15, -0.1) is 0 Å². The predicted molar refractivity (Wildman–Crippen MR) is 47.3 cm³/mol. The lowest BCUT2D eigenvalue weighted by molar-refractivity contribution is -0.136. The number of rotatable bonds is 3. The van der Waals surface area contributed by atoms with Crippen LogP contribution in [0.4, 0.5) is 8.78 Å². The summed E-state index contributed by atoms with van der Waals surface area (Å²) < 4.78 is 25.7. The van der Waals surface area contributed by atoms with Crippen LogP contribution in [0.2, 0.25) is 5.02 Å². The quantitative estimate of drug-likeness (QED) is 0.795. The molecule has 0 unspecified atom stereocenters. The molecule has 14 heavy (non-hydrogen) atoms. The predicted octanol–water partition coefficient (Wildman–Crippen LogP) is 2.64. The summed E-state index contributed by atoms with van der Waals surface area (Å²) in [4.78, 5) is 10.2. The zero-order chi connectivity index (χ0) is 10.7. The van der Waals surface area contributed by atoms with E-state index in [-0.39, 0.29) is 18.4 Å². The van der Waals surface area contributed by atoms with E-state index in [4.69, 9.17) is 16.7 Å². The molecule has 0 heterocycles. The molecule has 0 fully saturated rings. The summed E-state index contributed by atoms with van der Waals surface area (Å²) in [6.45, 7) is 0. The van der Waals surface area contributed by atoms with Crippen LogP contribution < -0.4 is 0 Å². The van der Waals surface area contributed by atoms with E-state index in [9.17, 15) is 13.6 Å².